The van der Waals surface area contributed by atoms with Crippen molar-refractivity contribution in [1.82, 2.24) is 14.3 Å². The van der Waals surface area contributed by atoms with Crippen molar-refractivity contribution in [1.29, 1.82) is 0 Å². The summed E-state index contributed by atoms with van der Waals surface area (Å²) in [7, 11) is 2.16. The maximum atomic E-state index is 10.7. The zero-order chi connectivity index (χ0) is 20.8. The zero-order valence-electron chi connectivity index (χ0n) is 17.2. The van der Waals surface area contributed by atoms with E-state index in [2.05, 4.69) is 34.0 Å². The first-order chi connectivity index (χ1) is 14.5. The van der Waals surface area contributed by atoms with E-state index in [4.69, 9.17) is 16.3 Å². The Bertz CT molecular complexity index is 1140. The molecular formula is C23H25ClN4O2. The molecule has 30 heavy (non-hydrogen) atoms. The van der Waals surface area contributed by atoms with Gasteiger partial charge in [-0.15, -0.1) is 0 Å². The minimum atomic E-state index is -1.08. The fraction of sp³-hybridized carbons (Fsp3) is 0.348. The van der Waals surface area contributed by atoms with E-state index in [1.165, 1.54) is 0 Å². The number of aliphatic hydroxyl groups is 1. The number of aromatic nitrogens is 2. The molecule has 0 amide bonds. The number of imidazole rings is 1. The number of halogens is 1. The summed E-state index contributed by atoms with van der Waals surface area (Å²) in [5, 5.41) is 11.3. The molecule has 1 aromatic carbocycles. The van der Waals surface area contributed by atoms with Crippen LogP contribution in [-0.2, 0) is 0 Å². The molecule has 1 saturated heterocycles. The number of fused-ring (bicyclic) bond motifs is 2. The van der Waals surface area contributed by atoms with Gasteiger partial charge < -0.3 is 24.0 Å². The number of likely N-dealkylation sites (N-methyl/N-ethyl adjacent to an activating group) is 1. The van der Waals surface area contributed by atoms with Crippen LogP contribution in [0, 0.1) is 6.92 Å². The van der Waals surface area contributed by atoms with Gasteiger partial charge in [-0.05, 0) is 56.8 Å². The number of pyridine rings is 1. The molecule has 1 N–H and O–H groups in total. The molecule has 2 aromatic heterocycles. The number of aryl methyl sites for hydroxylation is 1. The van der Waals surface area contributed by atoms with E-state index in [1.54, 1.807) is 0 Å². The van der Waals surface area contributed by atoms with Gasteiger partial charge in [-0.25, -0.2) is 4.98 Å². The van der Waals surface area contributed by atoms with E-state index in [1.807, 2.05) is 41.9 Å². The Morgan fingerprint density at radius 1 is 1.13 bits per heavy atom. The van der Waals surface area contributed by atoms with Crippen molar-refractivity contribution in [3.63, 3.8) is 0 Å². The van der Waals surface area contributed by atoms with Crippen LogP contribution in [0.25, 0.3) is 17.3 Å². The Labute approximate surface area is 181 Å². The second-order valence-corrected chi connectivity index (χ2v) is 8.57. The largest absolute Gasteiger partial charge is 0.460 e. The summed E-state index contributed by atoms with van der Waals surface area (Å²) in [6.45, 7) is 6.15. The first-order valence-electron chi connectivity index (χ1n) is 10.3. The highest BCUT2D eigenvalue weighted by Crippen LogP contribution is 2.36. The summed E-state index contributed by atoms with van der Waals surface area (Å²) in [5.41, 5.74) is 5.05. The lowest BCUT2D eigenvalue weighted by molar-refractivity contribution is 0.0318. The van der Waals surface area contributed by atoms with Crippen molar-refractivity contribution in [2.75, 3.05) is 38.1 Å². The molecule has 0 aliphatic carbocycles. The van der Waals surface area contributed by atoms with Crippen molar-refractivity contribution in [2.45, 2.75) is 19.6 Å². The summed E-state index contributed by atoms with van der Waals surface area (Å²) in [6, 6.07) is 8.09. The minimum absolute atomic E-state index is 0.584. The molecule has 1 unspecified atom stereocenters. The summed E-state index contributed by atoms with van der Waals surface area (Å²) >= 11 is 6.34. The third kappa shape index (κ3) is 3.55. The Balaban J connectivity index is 1.48. The maximum absolute atomic E-state index is 10.7. The predicted molar refractivity (Wildman–Crippen MR) is 120 cm³/mol. The minimum Gasteiger partial charge on any atom is -0.460 e. The highest BCUT2D eigenvalue weighted by atomic mass is 35.5. The van der Waals surface area contributed by atoms with E-state index in [0.717, 1.165) is 49.4 Å². The molecule has 3 aromatic rings. The molecule has 0 radical (unpaired) electrons. The van der Waals surface area contributed by atoms with Gasteiger partial charge in [0.25, 0.3) is 0 Å². The number of rotatable bonds is 2. The summed E-state index contributed by atoms with van der Waals surface area (Å²) in [6.07, 6.45) is 5.85. The molecule has 2 aliphatic rings. The average molecular weight is 425 g/mol. The standard InChI is InChI=1S/C23H25ClN4O2/c1-15-10-19(24)22-25-20(14-28(22)13-15)18-11-16-4-5-17(12-21(16)30-23(18)29)27-7-3-6-26(2)8-9-27/h4-5,10-14,23,29H,3,6-9H2,1-2H3. The molecule has 6 nitrogen and oxygen atoms in total. The second kappa shape index (κ2) is 7.61. The molecule has 5 rings (SSSR count). The number of ether oxygens (including phenoxy) is 1. The van der Waals surface area contributed by atoms with Crippen LogP contribution in [-0.4, -0.2) is 58.9 Å². The van der Waals surface area contributed by atoms with Crippen LogP contribution in [0.3, 0.4) is 0 Å². The van der Waals surface area contributed by atoms with Gasteiger partial charge in [0.1, 0.15) is 5.75 Å². The molecule has 2 aliphatic heterocycles. The topological polar surface area (TPSA) is 53.2 Å². The molecule has 1 fully saturated rings. The smallest absolute Gasteiger partial charge is 0.226 e. The van der Waals surface area contributed by atoms with Crippen LogP contribution < -0.4 is 9.64 Å². The van der Waals surface area contributed by atoms with Crippen molar-refractivity contribution in [3.05, 3.63) is 58.5 Å². The van der Waals surface area contributed by atoms with E-state index >= 15 is 0 Å². The normalized spacial score (nSPS) is 19.9. The summed E-state index contributed by atoms with van der Waals surface area (Å²) in [5.74, 6) is 0.694. The Morgan fingerprint density at radius 3 is 2.87 bits per heavy atom. The van der Waals surface area contributed by atoms with Crippen molar-refractivity contribution in [3.8, 4) is 5.75 Å². The molecule has 0 bridgehead atoms. The molecule has 0 saturated carbocycles. The van der Waals surface area contributed by atoms with Crippen LogP contribution >= 0.6 is 11.6 Å². The van der Waals surface area contributed by atoms with Gasteiger partial charge in [-0.3, -0.25) is 0 Å². The lowest BCUT2D eigenvalue weighted by Gasteiger charge is -2.27. The number of hydrogen-bond acceptors (Lipinski definition) is 5. The average Bonchev–Trinajstić information content (AvgIpc) is 3.01. The van der Waals surface area contributed by atoms with Gasteiger partial charge in [0, 0.05) is 54.9 Å². The van der Waals surface area contributed by atoms with Gasteiger partial charge in [0.2, 0.25) is 6.29 Å². The first-order valence-corrected chi connectivity index (χ1v) is 10.6. The number of aliphatic hydroxyl groups excluding tert-OH is 1. The van der Waals surface area contributed by atoms with Gasteiger partial charge in [0.05, 0.1) is 10.7 Å². The maximum Gasteiger partial charge on any atom is 0.226 e. The number of hydrogen-bond donors (Lipinski definition) is 1. The lowest BCUT2D eigenvalue weighted by atomic mass is 10.0. The molecular weight excluding hydrogens is 400 g/mol. The van der Waals surface area contributed by atoms with E-state index in [0.29, 0.717) is 27.7 Å². The number of nitrogens with zero attached hydrogens (tertiary/aromatic N) is 4. The molecule has 4 heterocycles. The highest BCUT2D eigenvalue weighted by molar-refractivity contribution is 6.33. The number of anilines is 1. The SMILES string of the molecule is Cc1cc(Cl)c2nc(C3=Cc4ccc(N5CCCN(C)CC5)cc4OC3O)cn2c1. The molecule has 0 spiro atoms. The highest BCUT2D eigenvalue weighted by Gasteiger charge is 2.25. The van der Waals surface area contributed by atoms with Crippen LogP contribution in [0.1, 0.15) is 23.2 Å². The Hall–Kier alpha value is -2.54. The fourth-order valence-electron chi connectivity index (χ4n) is 4.20. The third-order valence-electron chi connectivity index (χ3n) is 5.84. The van der Waals surface area contributed by atoms with E-state index in [9.17, 15) is 5.11 Å². The summed E-state index contributed by atoms with van der Waals surface area (Å²) in [4.78, 5) is 9.36. The molecule has 156 valence electrons. The van der Waals surface area contributed by atoms with Crippen LogP contribution in [0.15, 0.2) is 36.7 Å². The van der Waals surface area contributed by atoms with Crippen LogP contribution in [0.4, 0.5) is 5.69 Å². The fourth-order valence-corrected chi connectivity index (χ4v) is 4.51. The van der Waals surface area contributed by atoms with Crippen molar-refractivity contribution in [2.24, 2.45) is 0 Å². The predicted octanol–water partition coefficient (Wildman–Crippen LogP) is 3.69. The zero-order valence-corrected chi connectivity index (χ0v) is 17.9. The van der Waals surface area contributed by atoms with Gasteiger partial charge in [0.15, 0.2) is 5.65 Å². The molecule has 1 atom stereocenters. The Morgan fingerprint density at radius 2 is 2.00 bits per heavy atom. The first kappa shape index (κ1) is 19.4. The third-order valence-corrected chi connectivity index (χ3v) is 6.11. The van der Waals surface area contributed by atoms with Crippen LogP contribution in [0.2, 0.25) is 5.02 Å². The van der Waals surface area contributed by atoms with Gasteiger partial charge in [-0.2, -0.15) is 0 Å². The lowest BCUT2D eigenvalue weighted by Crippen LogP contribution is -2.29. The summed E-state index contributed by atoms with van der Waals surface area (Å²) < 4.78 is 7.79. The van der Waals surface area contributed by atoms with E-state index in [-0.39, 0.29) is 0 Å². The van der Waals surface area contributed by atoms with Gasteiger partial charge in [-0.1, -0.05) is 11.6 Å². The quantitative estimate of drug-likeness (QED) is 0.680. The molecule has 7 heteroatoms. The van der Waals surface area contributed by atoms with E-state index < -0.39 is 6.29 Å². The van der Waals surface area contributed by atoms with Crippen molar-refractivity contribution >= 4 is 34.6 Å². The monoisotopic (exact) mass is 424 g/mol. The Kier molecular flexibility index (Phi) is 4.93. The second-order valence-electron chi connectivity index (χ2n) is 8.16. The van der Waals surface area contributed by atoms with Crippen LogP contribution in [0.5, 0.6) is 5.75 Å². The van der Waals surface area contributed by atoms with Crippen molar-refractivity contribution < 1.29 is 9.84 Å². The van der Waals surface area contributed by atoms with Gasteiger partial charge >= 0.3 is 0 Å². The number of benzene rings is 1.